The molecule has 2 aliphatic rings. The van der Waals surface area contributed by atoms with Gasteiger partial charge in [-0.25, -0.2) is 4.79 Å². The van der Waals surface area contributed by atoms with E-state index < -0.39 is 30.1 Å². The Kier molecular flexibility index (Phi) is 6.88. The molecule has 2 N–H and O–H groups in total. The summed E-state index contributed by atoms with van der Waals surface area (Å²) >= 11 is 0. The summed E-state index contributed by atoms with van der Waals surface area (Å²) in [6.07, 6.45) is -0.681. The summed E-state index contributed by atoms with van der Waals surface area (Å²) in [6.45, 7) is 3.99. The number of aliphatic carboxylic acids is 1. The van der Waals surface area contributed by atoms with Crippen molar-refractivity contribution in [1.29, 1.82) is 0 Å². The van der Waals surface area contributed by atoms with Gasteiger partial charge in [0.2, 0.25) is 5.91 Å². The van der Waals surface area contributed by atoms with Crippen LogP contribution in [0, 0.1) is 11.8 Å². The van der Waals surface area contributed by atoms with Gasteiger partial charge in [-0.3, -0.25) is 9.59 Å². The molecule has 2 unspecified atom stereocenters. The average Bonchev–Trinajstić information content (AvgIpc) is 3.44. The molecule has 2 amide bonds. The summed E-state index contributed by atoms with van der Waals surface area (Å²) in [7, 11) is 1.55. The molecule has 0 aromatic heterocycles. The Morgan fingerprint density at radius 1 is 1.06 bits per heavy atom. The molecule has 1 saturated heterocycles. The predicted octanol–water partition coefficient (Wildman–Crippen LogP) is 3.11. The van der Waals surface area contributed by atoms with Gasteiger partial charge in [0.25, 0.3) is 0 Å². The summed E-state index contributed by atoms with van der Waals surface area (Å²) in [4.78, 5) is 38.8. The second-order valence-corrected chi connectivity index (χ2v) is 9.19. The van der Waals surface area contributed by atoms with Crippen molar-refractivity contribution < 1.29 is 29.0 Å². The molecule has 1 fully saturated rings. The molecule has 8 nitrogen and oxygen atoms in total. The van der Waals surface area contributed by atoms with Gasteiger partial charge in [0, 0.05) is 13.0 Å². The highest BCUT2D eigenvalue weighted by molar-refractivity contribution is 5.87. The van der Waals surface area contributed by atoms with Crippen molar-refractivity contribution in [1.82, 2.24) is 10.2 Å². The van der Waals surface area contributed by atoms with Crippen molar-refractivity contribution in [3.05, 3.63) is 59.7 Å². The molecule has 1 heterocycles. The number of rotatable bonds is 7. The molecule has 2 aromatic carbocycles. The molecule has 3 atom stereocenters. The van der Waals surface area contributed by atoms with E-state index in [1.165, 1.54) is 4.90 Å². The molecular formula is C26H30N2O6. The normalized spacial score (nSPS) is 19.9. The number of benzene rings is 2. The Morgan fingerprint density at radius 2 is 1.65 bits per heavy atom. The minimum Gasteiger partial charge on any atom is -0.481 e. The van der Waals surface area contributed by atoms with E-state index in [0.717, 1.165) is 22.3 Å². The molecule has 1 aliphatic carbocycles. The van der Waals surface area contributed by atoms with E-state index in [4.69, 9.17) is 9.47 Å². The molecule has 2 aromatic rings. The van der Waals surface area contributed by atoms with Gasteiger partial charge in [-0.15, -0.1) is 0 Å². The monoisotopic (exact) mass is 466 g/mol. The third kappa shape index (κ3) is 4.50. The van der Waals surface area contributed by atoms with Crippen LogP contribution in [-0.4, -0.2) is 66.9 Å². The van der Waals surface area contributed by atoms with Gasteiger partial charge in [-0.2, -0.15) is 0 Å². The van der Waals surface area contributed by atoms with Gasteiger partial charge in [-0.1, -0.05) is 62.4 Å². The largest absolute Gasteiger partial charge is 0.481 e. The Labute approximate surface area is 198 Å². The second-order valence-electron chi connectivity index (χ2n) is 9.19. The van der Waals surface area contributed by atoms with Gasteiger partial charge in [0.05, 0.1) is 19.3 Å². The molecule has 1 aliphatic heterocycles. The van der Waals surface area contributed by atoms with Crippen molar-refractivity contribution in [2.75, 3.05) is 26.9 Å². The van der Waals surface area contributed by atoms with E-state index in [2.05, 4.69) is 17.4 Å². The molecule has 0 spiro atoms. The van der Waals surface area contributed by atoms with Gasteiger partial charge in [0.1, 0.15) is 18.6 Å². The lowest BCUT2D eigenvalue weighted by molar-refractivity contribution is -0.145. The van der Waals surface area contributed by atoms with Crippen LogP contribution in [0.4, 0.5) is 4.79 Å². The number of carbonyl (C=O) groups is 3. The van der Waals surface area contributed by atoms with Crippen molar-refractivity contribution >= 4 is 18.0 Å². The zero-order valence-electron chi connectivity index (χ0n) is 19.6. The highest BCUT2D eigenvalue weighted by atomic mass is 16.5. The number of carbonyl (C=O) groups excluding carboxylic acids is 2. The van der Waals surface area contributed by atoms with E-state index in [1.54, 1.807) is 7.05 Å². The number of fused-ring (bicyclic) bond motifs is 3. The first-order valence-electron chi connectivity index (χ1n) is 11.5. The summed E-state index contributed by atoms with van der Waals surface area (Å²) in [5, 5.41) is 12.1. The number of nitrogens with one attached hydrogen (secondary N) is 1. The van der Waals surface area contributed by atoms with Crippen LogP contribution in [-0.2, 0) is 19.1 Å². The first-order valence-corrected chi connectivity index (χ1v) is 11.5. The number of alkyl carbamates (subject to hydrolysis) is 1. The van der Waals surface area contributed by atoms with Gasteiger partial charge in [-0.05, 0) is 28.2 Å². The number of nitrogens with zero attached hydrogens (tertiary/aromatic N) is 1. The average molecular weight is 467 g/mol. The van der Waals surface area contributed by atoms with Crippen molar-refractivity contribution in [3.8, 4) is 11.1 Å². The Balaban J connectivity index is 1.42. The number of ether oxygens (including phenoxy) is 2. The van der Waals surface area contributed by atoms with Crippen LogP contribution in [0.15, 0.2) is 48.5 Å². The zero-order valence-corrected chi connectivity index (χ0v) is 19.6. The number of hydrogen-bond acceptors (Lipinski definition) is 5. The fourth-order valence-electron chi connectivity index (χ4n) is 4.82. The van der Waals surface area contributed by atoms with Crippen LogP contribution in [0.2, 0.25) is 0 Å². The third-order valence-corrected chi connectivity index (χ3v) is 6.76. The van der Waals surface area contributed by atoms with Crippen LogP contribution in [0.5, 0.6) is 0 Å². The number of hydrogen-bond donors (Lipinski definition) is 2. The quantitative estimate of drug-likeness (QED) is 0.650. The molecule has 0 radical (unpaired) electrons. The number of carboxylic acids is 1. The topological polar surface area (TPSA) is 105 Å². The zero-order chi connectivity index (χ0) is 24.4. The first-order chi connectivity index (χ1) is 16.3. The van der Waals surface area contributed by atoms with Crippen LogP contribution >= 0.6 is 0 Å². The lowest BCUT2D eigenvalue weighted by atomic mass is 9.98. The minimum absolute atomic E-state index is 0.0593. The standard InChI is InChI=1S/C26H30N2O6/c1-15(2)23(24(29)28(3)22-14-33-12-21(22)25(30)31)27-26(32)34-13-20-18-10-6-4-8-16(18)17-9-5-7-11-19(17)20/h4-11,15,20-23H,12-14H2,1-3H3,(H,27,32)(H,30,31)/t21?,22?,23-/m1/s1. The molecule has 34 heavy (non-hydrogen) atoms. The van der Waals surface area contributed by atoms with Gasteiger partial charge < -0.3 is 24.8 Å². The van der Waals surface area contributed by atoms with E-state index in [9.17, 15) is 19.5 Å². The highest BCUT2D eigenvalue weighted by Gasteiger charge is 2.41. The fraction of sp³-hybridized carbons (Fsp3) is 0.423. The Morgan fingerprint density at radius 3 is 2.21 bits per heavy atom. The van der Waals surface area contributed by atoms with Crippen LogP contribution in [0.25, 0.3) is 11.1 Å². The molecule has 0 saturated carbocycles. The van der Waals surface area contributed by atoms with E-state index in [1.807, 2.05) is 50.2 Å². The van der Waals surface area contributed by atoms with Crippen LogP contribution in [0.1, 0.15) is 30.9 Å². The van der Waals surface area contributed by atoms with Gasteiger partial charge in [0.15, 0.2) is 0 Å². The molecule has 0 bridgehead atoms. The van der Waals surface area contributed by atoms with E-state index in [-0.39, 0.29) is 37.6 Å². The first kappa shape index (κ1) is 23.8. The highest BCUT2D eigenvalue weighted by Crippen LogP contribution is 2.44. The summed E-state index contributed by atoms with van der Waals surface area (Å²) in [5.74, 6) is -2.48. The van der Waals surface area contributed by atoms with Gasteiger partial charge >= 0.3 is 12.1 Å². The molecule has 8 heteroatoms. The lowest BCUT2D eigenvalue weighted by Crippen LogP contribution is -2.54. The van der Waals surface area contributed by atoms with E-state index >= 15 is 0 Å². The van der Waals surface area contributed by atoms with Crippen molar-refractivity contribution in [2.24, 2.45) is 11.8 Å². The Bertz CT molecular complexity index is 1040. The minimum atomic E-state index is -1.01. The lowest BCUT2D eigenvalue weighted by Gasteiger charge is -2.31. The fourth-order valence-corrected chi connectivity index (χ4v) is 4.82. The van der Waals surface area contributed by atoms with E-state index in [0.29, 0.717) is 0 Å². The summed E-state index contributed by atoms with van der Waals surface area (Å²) in [5.41, 5.74) is 4.48. The summed E-state index contributed by atoms with van der Waals surface area (Å²) in [6, 6.07) is 14.7. The maximum Gasteiger partial charge on any atom is 0.407 e. The summed E-state index contributed by atoms with van der Waals surface area (Å²) < 4.78 is 10.9. The maximum absolute atomic E-state index is 13.2. The SMILES string of the molecule is CC(C)[C@@H](NC(=O)OCC1c2ccccc2-c2ccccc21)C(=O)N(C)C1COCC1C(=O)O. The predicted molar refractivity (Wildman–Crippen MR) is 125 cm³/mol. The number of amides is 2. The van der Waals surface area contributed by atoms with Crippen molar-refractivity contribution in [2.45, 2.75) is 31.8 Å². The number of likely N-dealkylation sites (N-methyl/N-ethyl adjacent to an activating group) is 1. The maximum atomic E-state index is 13.2. The molecular weight excluding hydrogens is 436 g/mol. The molecule has 4 rings (SSSR count). The second kappa shape index (κ2) is 9.85. The Hall–Kier alpha value is -3.39. The van der Waals surface area contributed by atoms with Crippen LogP contribution in [0.3, 0.4) is 0 Å². The van der Waals surface area contributed by atoms with Crippen LogP contribution < -0.4 is 5.32 Å². The number of carboxylic acid groups (broad SMARTS) is 1. The third-order valence-electron chi connectivity index (χ3n) is 6.76. The smallest absolute Gasteiger partial charge is 0.407 e. The molecule has 180 valence electrons. The van der Waals surface area contributed by atoms with Crippen molar-refractivity contribution in [3.63, 3.8) is 0 Å².